The van der Waals surface area contributed by atoms with Crippen LogP contribution in [0.4, 0.5) is 0 Å². The number of nitrogens with one attached hydrogen (secondary N) is 1. The van der Waals surface area contributed by atoms with Gasteiger partial charge in [-0.25, -0.2) is 0 Å². The second kappa shape index (κ2) is 7.92. The molecule has 1 aromatic rings. The second-order valence-electron chi connectivity index (χ2n) is 4.80. The highest BCUT2D eigenvalue weighted by Gasteiger charge is 2.17. The molecule has 0 saturated carbocycles. The molecule has 0 atom stereocenters. The molecule has 0 aromatic heterocycles. The van der Waals surface area contributed by atoms with E-state index in [-0.39, 0.29) is 12.5 Å². The van der Waals surface area contributed by atoms with Crippen molar-refractivity contribution in [2.45, 2.75) is 19.4 Å². The number of rotatable bonds is 7. The van der Waals surface area contributed by atoms with Crippen LogP contribution in [0.3, 0.4) is 0 Å². The predicted octanol–water partition coefficient (Wildman–Crippen LogP) is 1.42. The zero-order valence-corrected chi connectivity index (χ0v) is 11.3. The summed E-state index contributed by atoms with van der Waals surface area (Å²) >= 11 is 0. The molecule has 1 amide bonds. The third-order valence-electron chi connectivity index (χ3n) is 3.28. The van der Waals surface area contributed by atoms with Crippen LogP contribution in [-0.2, 0) is 16.1 Å². The number of hydrogen-bond donors (Lipinski definition) is 1. The van der Waals surface area contributed by atoms with Crippen LogP contribution in [0.5, 0.6) is 0 Å². The van der Waals surface area contributed by atoms with E-state index in [0.717, 1.165) is 39.0 Å². The largest absolute Gasteiger partial charge is 0.370 e. The maximum Gasteiger partial charge on any atom is 0.248 e. The van der Waals surface area contributed by atoms with Gasteiger partial charge in [-0.05, 0) is 18.4 Å². The first-order valence-corrected chi connectivity index (χ1v) is 6.96. The zero-order chi connectivity index (χ0) is 13.3. The van der Waals surface area contributed by atoms with Crippen molar-refractivity contribution in [3.63, 3.8) is 0 Å². The van der Waals surface area contributed by atoms with Crippen LogP contribution in [-0.4, -0.2) is 43.7 Å². The van der Waals surface area contributed by atoms with E-state index in [4.69, 9.17) is 4.74 Å². The van der Waals surface area contributed by atoms with Gasteiger partial charge in [-0.3, -0.25) is 4.79 Å². The lowest BCUT2D eigenvalue weighted by Gasteiger charge is -2.15. The van der Waals surface area contributed by atoms with Gasteiger partial charge in [-0.15, -0.1) is 0 Å². The standard InChI is InChI=1S/C15H22N2O2/c18-15(17-9-4-5-10-17)13-19-11-8-16-12-14-6-2-1-3-7-14/h1-3,6-7,16H,4-5,8-13H2. The first-order chi connectivity index (χ1) is 9.36. The molecule has 1 N–H and O–H groups in total. The van der Waals surface area contributed by atoms with Crippen LogP contribution >= 0.6 is 0 Å². The molecule has 1 aromatic carbocycles. The summed E-state index contributed by atoms with van der Waals surface area (Å²) in [6, 6.07) is 10.2. The number of benzene rings is 1. The van der Waals surface area contributed by atoms with E-state index in [9.17, 15) is 4.79 Å². The molecule has 4 nitrogen and oxygen atoms in total. The van der Waals surface area contributed by atoms with Crippen molar-refractivity contribution in [1.29, 1.82) is 0 Å². The summed E-state index contributed by atoms with van der Waals surface area (Å²) in [7, 11) is 0. The van der Waals surface area contributed by atoms with Crippen molar-refractivity contribution in [2.75, 3.05) is 32.8 Å². The van der Waals surface area contributed by atoms with Gasteiger partial charge in [0.25, 0.3) is 0 Å². The summed E-state index contributed by atoms with van der Waals surface area (Å²) in [5.74, 6) is 0.126. The van der Waals surface area contributed by atoms with Gasteiger partial charge in [0.1, 0.15) is 6.61 Å². The molecule has 104 valence electrons. The summed E-state index contributed by atoms with van der Waals surface area (Å²) in [4.78, 5) is 13.6. The van der Waals surface area contributed by atoms with Gasteiger partial charge < -0.3 is 15.0 Å². The molecule has 0 spiro atoms. The molecule has 0 radical (unpaired) electrons. The Balaban J connectivity index is 1.49. The first-order valence-electron chi connectivity index (χ1n) is 6.96. The third-order valence-corrected chi connectivity index (χ3v) is 3.28. The lowest BCUT2D eigenvalue weighted by Crippen LogP contribution is -2.32. The average Bonchev–Trinajstić information content (AvgIpc) is 2.98. The van der Waals surface area contributed by atoms with E-state index in [2.05, 4.69) is 17.4 Å². The smallest absolute Gasteiger partial charge is 0.248 e. The summed E-state index contributed by atoms with van der Waals surface area (Å²) in [5, 5.41) is 3.30. The Hall–Kier alpha value is -1.39. The Kier molecular flexibility index (Phi) is 5.85. The van der Waals surface area contributed by atoms with Crippen molar-refractivity contribution >= 4 is 5.91 Å². The lowest BCUT2D eigenvalue weighted by atomic mass is 10.2. The van der Waals surface area contributed by atoms with E-state index >= 15 is 0 Å². The van der Waals surface area contributed by atoms with Crippen molar-refractivity contribution < 1.29 is 9.53 Å². The Morgan fingerprint density at radius 1 is 1.21 bits per heavy atom. The Bertz CT molecular complexity index is 375. The average molecular weight is 262 g/mol. The van der Waals surface area contributed by atoms with Gasteiger partial charge in [0.15, 0.2) is 0 Å². The molecular formula is C15H22N2O2. The number of amides is 1. The van der Waals surface area contributed by atoms with E-state index in [1.54, 1.807) is 0 Å². The van der Waals surface area contributed by atoms with Crippen LogP contribution in [0.15, 0.2) is 30.3 Å². The second-order valence-corrected chi connectivity index (χ2v) is 4.80. The summed E-state index contributed by atoms with van der Waals surface area (Å²) in [6.45, 7) is 4.19. The third kappa shape index (κ3) is 5.01. The maximum atomic E-state index is 11.7. The number of carbonyl (C=O) groups excluding carboxylic acids is 1. The fraction of sp³-hybridized carbons (Fsp3) is 0.533. The topological polar surface area (TPSA) is 41.6 Å². The van der Waals surface area contributed by atoms with Gasteiger partial charge in [0, 0.05) is 26.2 Å². The molecule has 19 heavy (non-hydrogen) atoms. The minimum absolute atomic E-state index is 0.126. The molecule has 0 unspecified atom stereocenters. The van der Waals surface area contributed by atoms with Crippen molar-refractivity contribution in [1.82, 2.24) is 10.2 Å². The van der Waals surface area contributed by atoms with Gasteiger partial charge in [0.05, 0.1) is 6.61 Å². The summed E-state index contributed by atoms with van der Waals surface area (Å²) < 4.78 is 5.39. The van der Waals surface area contributed by atoms with Gasteiger partial charge in [-0.2, -0.15) is 0 Å². The van der Waals surface area contributed by atoms with Crippen LogP contribution in [0, 0.1) is 0 Å². The SMILES string of the molecule is O=C(COCCNCc1ccccc1)N1CCCC1. The number of carbonyl (C=O) groups is 1. The molecule has 0 aliphatic carbocycles. The molecule has 1 aliphatic heterocycles. The summed E-state index contributed by atoms with van der Waals surface area (Å²) in [5.41, 5.74) is 1.26. The Morgan fingerprint density at radius 2 is 1.95 bits per heavy atom. The highest BCUT2D eigenvalue weighted by Crippen LogP contribution is 2.07. The quantitative estimate of drug-likeness (QED) is 0.756. The molecule has 0 bridgehead atoms. The minimum Gasteiger partial charge on any atom is -0.370 e. The Morgan fingerprint density at radius 3 is 2.68 bits per heavy atom. The highest BCUT2D eigenvalue weighted by molar-refractivity contribution is 5.77. The zero-order valence-electron chi connectivity index (χ0n) is 11.3. The summed E-state index contributed by atoms with van der Waals surface area (Å²) in [6.07, 6.45) is 2.26. The Labute approximate surface area is 114 Å². The van der Waals surface area contributed by atoms with Crippen LogP contribution in [0.1, 0.15) is 18.4 Å². The monoisotopic (exact) mass is 262 g/mol. The van der Waals surface area contributed by atoms with Crippen LogP contribution in [0.25, 0.3) is 0 Å². The molecule has 2 rings (SSSR count). The number of ether oxygens (including phenoxy) is 1. The van der Waals surface area contributed by atoms with Crippen molar-refractivity contribution in [2.24, 2.45) is 0 Å². The fourth-order valence-electron chi connectivity index (χ4n) is 2.19. The van der Waals surface area contributed by atoms with Gasteiger partial charge >= 0.3 is 0 Å². The number of nitrogens with zero attached hydrogens (tertiary/aromatic N) is 1. The molecule has 4 heteroatoms. The number of hydrogen-bond acceptors (Lipinski definition) is 3. The normalized spacial score (nSPS) is 14.8. The maximum absolute atomic E-state index is 11.7. The van der Waals surface area contributed by atoms with E-state index in [1.165, 1.54) is 5.56 Å². The molecule has 1 heterocycles. The van der Waals surface area contributed by atoms with E-state index in [1.807, 2.05) is 23.1 Å². The van der Waals surface area contributed by atoms with E-state index < -0.39 is 0 Å². The van der Waals surface area contributed by atoms with Crippen LogP contribution in [0.2, 0.25) is 0 Å². The van der Waals surface area contributed by atoms with Crippen molar-refractivity contribution in [3.05, 3.63) is 35.9 Å². The van der Waals surface area contributed by atoms with Gasteiger partial charge in [-0.1, -0.05) is 30.3 Å². The molecule has 1 aliphatic rings. The minimum atomic E-state index is 0.126. The predicted molar refractivity (Wildman–Crippen MR) is 74.8 cm³/mol. The van der Waals surface area contributed by atoms with Gasteiger partial charge in [0.2, 0.25) is 5.91 Å². The highest BCUT2D eigenvalue weighted by atomic mass is 16.5. The molecule has 1 fully saturated rings. The lowest BCUT2D eigenvalue weighted by molar-refractivity contribution is -0.134. The van der Waals surface area contributed by atoms with E-state index in [0.29, 0.717) is 6.61 Å². The number of likely N-dealkylation sites (tertiary alicyclic amines) is 1. The van der Waals surface area contributed by atoms with Crippen LogP contribution < -0.4 is 5.32 Å². The fourth-order valence-corrected chi connectivity index (χ4v) is 2.19. The molecular weight excluding hydrogens is 240 g/mol. The molecule has 1 saturated heterocycles. The van der Waals surface area contributed by atoms with Crippen molar-refractivity contribution in [3.8, 4) is 0 Å². The first kappa shape index (κ1) is 14.0.